The van der Waals surface area contributed by atoms with E-state index in [1.54, 1.807) is 0 Å². The number of hydrogen-bond acceptors (Lipinski definition) is 5. The minimum atomic E-state index is -0.803. The Morgan fingerprint density at radius 1 is 1.06 bits per heavy atom. The van der Waals surface area contributed by atoms with E-state index in [9.17, 15) is 9.59 Å². The summed E-state index contributed by atoms with van der Waals surface area (Å²) >= 11 is 0. The maximum absolute atomic E-state index is 11.1. The van der Waals surface area contributed by atoms with Crippen molar-refractivity contribution >= 4 is 11.9 Å². The van der Waals surface area contributed by atoms with Crippen LogP contribution in [0.15, 0.2) is 0 Å². The summed E-state index contributed by atoms with van der Waals surface area (Å²) in [6.07, 6.45) is -0.501. The maximum atomic E-state index is 11.1. The van der Waals surface area contributed by atoms with Crippen LogP contribution in [0, 0.1) is 11.8 Å². The van der Waals surface area contributed by atoms with Gasteiger partial charge in [0.05, 0.1) is 6.10 Å². The van der Waals surface area contributed by atoms with E-state index in [1.807, 2.05) is 13.8 Å². The molecule has 0 spiro atoms. The number of carbonyl (C=O) groups excluding carboxylic acids is 2. The molecule has 1 aliphatic heterocycles. The second kappa shape index (κ2) is 6.18. The Morgan fingerprint density at radius 3 is 2.06 bits per heavy atom. The molecule has 18 heavy (non-hydrogen) atoms. The summed E-state index contributed by atoms with van der Waals surface area (Å²) in [4.78, 5) is 22.2. The average Bonchev–Trinajstić information content (AvgIpc) is 2.27. The van der Waals surface area contributed by atoms with Gasteiger partial charge in [-0.25, -0.2) is 0 Å². The first-order valence-corrected chi connectivity index (χ1v) is 6.36. The standard InChI is InChI=1S/C13H22O5/c1-6-11-7(2)8(3)12(16-9(4)14)13(18-11)17-10(5)15/h7-8,11-13H,6H2,1-5H3/t7-,8-,11+,12+,13+/m1/s1. The Labute approximate surface area is 108 Å². The highest BCUT2D eigenvalue weighted by molar-refractivity contribution is 5.67. The van der Waals surface area contributed by atoms with Crippen LogP contribution in [-0.4, -0.2) is 30.4 Å². The smallest absolute Gasteiger partial charge is 0.305 e. The molecule has 0 aromatic carbocycles. The number of carbonyl (C=O) groups is 2. The molecule has 0 aliphatic carbocycles. The molecule has 1 fully saturated rings. The fourth-order valence-electron chi connectivity index (χ4n) is 2.34. The summed E-state index contributed by atoms with van der Waals surface area (Å²) in [6.45, 7) is 8.72. The van der Waals surface area contributed by atoms with E-state index in [-0.39, 0.29) is 17.9 Å². The van der Waals surface area contributed by atoms with E-state index < -0.39 is 24.3 Å². The van der Waals surface area contributed by atoms with Crippen molar-refractivity contribution in [2.24, 2.45) is 11.8 Å². The summed E-state index contributed by atoms with van der Waals surface area (Å²) in [7, 11) is 0. The van der Waals surface area contributed by atoms with Gasteiger partial charge in [0.2, 0.25) is 6.29 Å². The summed E-state index contributed by atoms with van der Waals surface area (Å²) in [6, 6.07) is 0. The third kappa shape index (κ3) is 3.45. The molecule has 0 saturated carbocycles. The lowest BCUT2D eigenvalue weighted by Crippen LogP contribution is -2.52. The number of hydrogen-bond donors (Lipinski definition) is 0. The molecular formula is C13H22O5. The van der Waals surface area contributed by atoms with Crippen LogP contribution >= 0.6 is 0 Å². The van der Waals surface area contributed by atoms with Crippen molar-refractivity contribution in [2.45, 2.75) is 59.5 Å². The molecule has 0 radical (unpaired) electrons. The lowest BCUT2D eigenvalue weighted by atomic mass is 9.82. The van der Waals surface area contributed by atoms with E-state index in [0.717, 1.165) is 6.42 Å². The van der Waals surface area contributed by atoms with Gasteiger partial charge in [-0.2, -0.15) is 0 Å². The Kier molecular flexibility index (Phi) is 5.14. The zero-order valence-electron chi connectivity index (χ0n) is 11.6. The van der Waals surface area contributed by atoms with E-state index in [0.29, 0.717) is 0 Å². The van der Waals surface area contributed by atoms with Crippen LogP contribution in [0.1, 0.15) is 41.0 Å². The van der Waals surface area contributed by atoms with Crippen molar-refractivity contribution in [1.29, 1.82) is 0 Å². The lowest BCUT2D eigenvalue weighted by molar-refractivity contribution is -0.266. The topological polar surface area (TPSA) is 61.8 Å². The van der Waals surface area contributed by atoms with Crippen LogP contribution in [-0.2, 0) is 23.8 Å². The highest BCUT2D eigenvalue weighted by Crippen LogP contribution is 2.34. The van der Waals surface area contributed by atoms with Crippen molar-refractivity contribution in [3.8, 4) is 0 Å². The molecule has 5 heteroatoms. The Balaban J connectivity index is 2.86. The largest absolute Gasteiger partial charge is 0.456 e. The predicted molar refractivity (Wildman–Crippen MR) is 64.6 cm³/mol. The minimum absolute atomic E-state index is 0.0103. The van der Waals surface area contributed by atoms with E-state index in [4.69, 9.17) is 14.2 Å². The molecule has 5 nitrogen and oxygen atoms in total. The fourth-order valence-corrected chi connectivity index (χ4v) is 2.34. The summed E-state index contributed by atoms with van der Waals surface area (Å²) in [5, 5.41) is 0. The Hall–Kier alpha value is -1.10. The second-order valence-electron chi connectivity index (χ2n) is 4.85. The molecule has 1 heterocycles. The van der Waals surface area contributed by atoms with Gasteiger partial charge in [0, 0.05) is 19.8 Å². The molecule has 0 bridgehead atoms. The van der Waals surface area contributed by atoms with Gasteiger partial charge >= 0.3 is 11.9 Å². The van der Waals surface area contributed by atoms with Crippen LogP contribution in [0.5, 0.6) is 0 Å². The second-order valence-corrected chi connectivity index (χ2v) is 4.85. The SMILES string of the molecule is CC[C@@H]1O[C@H](OC(C)=O)[C@@H](OC(C)=O)[C@H](C)[C@H]1C. The normalized spacial score (nSPS) is 35.9. The van der Waals surface area contributed by atoms with Crippen LogP contribution in [0.4, 0.5) is 0 Å². The van der Waals surface area contributed by atoms with Crippen molar-refractivity contribution in [3.63, 3.8) is 0 Å². The zero-order valence-corrected chi connectivity index (χ0v) is 11.6. The number of rotatable bonds is 3. The monoisotopic (exact) mass is 258 g/mol. The van der Waals surface area contributed by atoms with Crippen LogP contribution in [0.3, 0.4) is 0 Å². The number of ether oxygens (including phenoxy) is 3. The molecule has 0 unspecified atom stereocenters. The first-order valence-electron chi connectivity index (χ1n) is 6.36. The molecule has 0 amide bonds. The molecular weight excluding hydrogens is 236 g/mol. The average molecular weight is 258 g/mol. The molecule has 5 atom stereocenters. The molecule has 0 aromatic rings. The highest BCUT2D eigenvalue weighted by atomic mass is 16.7. The molecule has 1 rings (SSSR count). The third-order valence-corrected chi connectivity index (χ3v) is 3.50. The first kappa shape index (κ1) is 15.0. The summed E-state index contributed by atoms with van der Waals surface area (Å²) < 4.78 is 16.1. The van der Waals surface area contributed by atoms with Crippen molar-refractivity contribution in [1.82, 2.24) is 0 Å². The third-order valence-electron chi connectivity index (χ3n) is 3.50. The molecule has 1 aliphatic rings. The van der Waals surface area contributed by atoms with Crippen molar-refractivity contribution in [2.75, 3.05) is 0 Å². The maximum Gasteiger partial charge on any atom is 0.305 e. The highest BCUT2D eigenvalue weighted by Gasteiger charge is 2.44. The summed E-state index contributed by atoms with van der Waals surface area (Å²) in [5.41, 5.74) is 0. The van der Waals surface area contributed by atoms with E-state index in [1.165, 1.54) is 13.8 Å². The van der Waals surface area contributed by atoms with Gasteiger partial charge in [0.15, 0.2) is 6.10 Å². The quantitative estimate of drug-likeness (QED) is 0.723. The molecule has 0 N–H and O–H groups in total. The van der Waals surface area contributed by atoms with E-state index >= 15 is 0 Å². The van der Waals surface area contributed by atoms with Gasteiger partial charge in [0.25, 0.3) is 0 Å². The Bertz CT molecular complexity index is 315. The first-order chi connectivity index (χ1) is 8.36. The van der Waals surface area contributed by atoms with Gasteiger partial charge in [-0.1, -0.05) is 20.8 Å². The molecule has 104 valence electrons. The molecule has 0 aromatic heterocycles. The van der Waals surface area contributed by atoms with Gasteiger partial charge < -0.3 is 14.2 Å². The van der Waals surface area contributed by atoms with E-state index in [2.05, 4.69) is 6.92 Å². The van der Waals surface area contributed by atoms with Gasteiger partial charge in [-0.05, 0) is 12.3 Å². The fraction of sp³-hybridized carbons (Fsp3) is 0.846. The number of esters is 2. The van der Waals surface area contributed by atoms with Gasteiger partial charge in [0.1, 0.15) is 0 Å². The van der Waals surface area contributed by atoms with Gasteiger partial charge in [-0.3, -0.25) is 9.59 Å². The Morgan fingerprint density at radius 2 is 1.61 bits per heavy atom. The van der Waals surface area contributed by atoms with Crippen LogP contribution < -0.4 is 0 Å². The zero-order chi connectivity index (χ0) is 13.9. The minimum Gasteiger partial charge on any atom is -0.456 e. The van der Waals surface area contributed by atoms with Crippen molar-refractivity contribution < 1.29 is 23.8 Å². The lowest BCUT2D eigenvalue weighted by Gasteiger charge is -2.43. The van der Waals surface area contributed by atoms with Crippen molar-refractivity contribution in [3.05, 3.63) is 0 Å². The van der Waals surface area contributed by atoms with Crippen LogP contribution in [0.2, 0.25) is 0 Å². The summed E-state index contributed by atoms with van der Waals surface area (Å²) in [5.74, 6) is -0.508. The molecule has 1 saturated heterocycles. The predicted octanol–water partition coefficient (Wildman–Crippen LogP) is 1.89. The van der Waals surface area contributed by atoms with Crippen LogP contribution in [0.25, 0.3) is 0 Å². The van der Waals surface area contributed by atoms with Gasteiger partial charge in [-0.15, -0.1) is 0 Å².